The second-order valence-electron chi connectivity index (χ2n) is 6.47. The van der Waals surface area contributed by atoms with Crippen molar-refractivity contribution < 1.29 is 5.11 Å². The van der Waals surface area contributed by atoms with E-state index in [4.69, 9.17) is 16.7 Å². The van der Waals surface area contributed by atoms with Gasteiger partial charge in [0.15, 0.2) is 0 Å². The molecule has 2 aromatic heterocycles. The van der Waals surface area contributed by atoms with Gasteiger partial charge in [-0.2, -0.15) is 5.10 Å². The number of phenolic OH excluding ortho intramolecular Hbond substituents is 1. The molecular weight excluding hydrogens is 356 g/mol. The van der Waals surface area contributed by atoms with E-state index in [9.17, 15) is 5.11 Å². The van der Waals surface area contributed by atoms with Gasteiger partial charge >= 0.3 is 0 Å². The first-order valence-corrected chi connectivity index (χ1v) is 9.04. The smallest absolute Gasteiger partial charge is 0.125 e. The van der Waals surface area contributed by atoms with E-state index in [1.54, 1.807) is 6.07 Å². The average Bonchev–Trinajstić information content (AvgIpc) is 3.14. The Morgan fingerprint density at radius 3 is 2.37 bits per heavy atom. The Kier molecular flexibility index (Phi) is 3.62. The summed E-state index contributed by atoms with van der Waals surface area (Å²) in [7, 11) is 0. The van der Waals surface area contributed by atoms with E-state index >= 15 is 0 Å². The molecule has 1 N–H and O–H groups in total. The van der Waals surface area contributed by atoms with Crippen LogP contribution in [-0.4, -0.2) is 14.7 Å². The number of aromatic nitrogens is 2. The number of benzene rings is 3. The summed E-state index contributed by atoms with van der Waals surface area (Å²) in [6, 6.07) is 27.4. The van der Waals surface area contributed by atoms with Crippen molar-refractivity contribution in [1.29, 1.82) is 0 Å². The zero-order chi connectivity index (χ0) is 18.4. The molecule has 0 unspecified atom stereocenters. The number of hydrogen-bond donors (Lipinski definition) is 1. The lowest BCUT2D eigenvalue weighted by molar-refractivity contribution is 0.477. The fraction of sp³-hybridized carbons (Fsp3) is 0. The molecule has 5 aromatic rings. The summed E-state index contributed by atoms with van der Waals surface area (Å²) >= 11 is 6.06. The highest BCUT2D eigenvalue weighted by molar-refractivity contribution is 6.30. The van der Waals surface area contributed by atoms with Crippen LogP contribution in [0.2, 0.25) is 5.02 Å². The van der Waals surface area contributed by atoms with Crippen molar-refractivity contribution in [2.45, 2.75) is 0 Å². The van der Waals surface area contributed by atoms with Crippen LogP contribution in [0.3, 0.4) is 0 Å². The number of nitrogens with zero attached hydrogens (tertiary/aromatic N) is 2. The van der Waals surface area contributed by atoms with Crippen molar-refractivity contribution in [3.63, 3.8) is 0 Å². The van der Waals surface area contributed by atoms with E-state index in [2.05, 4.69) is 18.2 Å². The van der Waals surface area contributed by atoms with Crippen LogP contribution in [0.15, 0.2) is 84.9 Å². The number of halogens is 1. The minimum Gasteiger partial charge on any atom is -0.507 e. The van der Waals surface area contributed by atoms with Gasteiger partial charge in [0.2, 0.25) is 0 Å². The Morgan fingerprint density at radius 2 is 1.56 bits per heavy atom. The van der Waals surface area contributed by atoms with Crippen molar-refractivity contribution in [3.05, 3.63) is 90.0 Å². The SMILES string of the molecule is Oc1ccccc1-c1cc2c3ccccc3cc(-c3ccc(Cl)cc3)n2n1. The van der Waals surface area contributed by atoms with Crippen LogP contribution in [0.5, 0.6) is 5.75 Å². The maximum Gasteiger partial charge on any atom is 0.125 e. The molecule has 5 rings (SSSR count). The Morgan fingerprint density at radius 1 is 0.815 bits per heavy atom. The molecule has 0 atom stereocenters. The number of aromatic hydroxyl groups is 1. The van der Waals surface area contributed by atoms with Gasteiger partial charge in [-0.3, -0.25) is 0 Å². The Bertz CT molecular complexity index is 1290. The van der Waals surface area contributed by atoms with Gasteiger partial charge in [-0.05, 0) is 41.8 Å². The van der Waals surface area contributed by atoms with Gasteiger partial charge in [-0.1, -0.05) is 60.1 Å². The summed E-state index contributed by atoms with van der Waals surface area (Å²) < 4.78 is 1.94. The van der Waals surface area contributed by atoms with Crippen LogP contribution < -0.4 is 0 Å². The normalized spacial score (nSPS) is 11.3. The van der Waals surface area contributed by atoms with Crippen LogP contribution in [-0.2, 0) is 0 Å². The second-order valence-corrected chi connectivity index (χ2v) is 6.90. The quantitative estimate of drug-likeness (QED) is 0.403. The molecular formula is C23H15ClN2O. The standard InChI is InChI=1S/C23H15ClN2O/c24-17-11-9-15(10-12-17)21-13-16-5-1-2-6-18(16)22-14-20(25-26(21)22)19-7-3-4-8-23(19)27/h1-14,27H. The molecule has 27 heavy (non-hydrogen) atoms. The first-order chi connectivity index (χ1) is 13.2. The third-order valence-corrected chi connectivity index (χ3v) is 5.04. The molecule has 0 radical (unpaired) electrons. The molecule has 0 saturated heterocycles. The van der Waals surface area contributed by atoms with Crippen LogP contribution in [0, 0.1) is 0 Å². The van der Waals surface area contributed by atoms with Crippen molar-refractivity contribution >= 4 is 27.9 Å². The monoisotopic (exact) mass is 370 g/mol. The van der Waals surface area contributed by atoms with E-state index in [1.165, 1.54) is 0 Å². The predicted octanol–water partition coefficient (Wildman–Crippen LogP) is 6.18. The summed E-state index contributed by atoms with van der Waals surface area (Å²) in [6.45, 7) is 0. The first-order valence-electron chi connectivity index (χ1n) is 8.66. The van der Waals surface area contributed by atoms with Crippen LogP contribution >= 0.6 is 11.6 Å². The number of pyridine rings is 1. The van der Waals surface area contributed by atoms with E-state index in [0.717, 1.165) is 33.2 Å². The molecule has 3 aromatic carbocycles. The van der Waals surface area contributed by atoms with Crippen molar-refractivity contribution in [1.82, 2.24) is 9.61 Å². The van der Waals surface area contributed by atoms with Gasteiger partial charge < -0.3 is 5.11 Å². The second kappa shape index (κ2) is 6.15. The third-order valence-electron chi connectivity index (χ3n) is 4.79. The van der Waals surface area contributed by atoms with E-state index in [0.29, 0.717) is 10.6 Å². The maximum absolute atomic E-state index is 10.3. The highest BCUT2D eigenvalue weighted by atomic mass is 35.5. The summed E-state index contributed by atoms with van der Waals surface area (Å²) in [6.07, 6.45) is 0. The highest BCUT2D eigenvalue weighted by Gasteiger charge is 2.14. The summed E-state index contributed by atoms with van der Waals surface area (Å²) in [4.78, 5) is 0. The highest BCUT2D eigenvalue weighted by Crippen LogP contribution is 2.34. The average molecular weight is 371 g/mol. The van der Waals surface area contributed by atoms with E-state index in [1.807, 2.05) is 65.2 Å². The first kappa shape index (κ1) is 15.9. The van der Waals surface area contributed by atoms with Gasteiger partial charge in [-0.25, -0.2) is 4.52 Å². The third kappa shape index (κ3) is 2.64. The van der Waals surface area contributed by atoms with Crippen molar-refractivity contribution in [2.24, 2.45) is 0 Å². The number of fused-ring (bicyclic) bond motifs is 3. The van der Waals surface area contributed by atoms with Gasteiger partial charge in [-0.15, -0.1) is 0 Å². The molecule has 130 valence electrons. The zero-order valence-electron chi connectivity index (χ0n) is 14.3. The van der Waals surface area contributed by atoms with Crippen LogP contribution in [0.1, 0.15) is 0 Å². The lowest BCUT2D eigenvalue weighted by Gasteiger charge is -2.09. The van der Waals surface area contributed by atoms with Gasteiger partial charge in [0.05, 0.1) is 16.9 Å². The molecule has 0 fully saturated rings. The molecule has 4 heteroatoms. The molecule has 0 aliphatic carbocycles. The van der Waals surface area contributed by atoms with Gasteiger partial charge in [0, 0.05) is 21.5 Å². The Hall–Kier alpha value is -3.30. The lowest BCUT2D eigenvalue weighted by Crippen LogP contribution is -1.95. The van der Waals surface area contributed by atoms with Crippen LogP contribution in [0.4, 0.5) is 0 Å². The number of para-hydroxylation sites is 1. The molecule has 2 heterocycles. The predicted molar refractivity (Wildman–Crippen MR) is 110 cm³/mol. The fourth-order valence-corrected chi connectivity index (χ4v) is 3.60. The molecule has 0 spiro atoms. The molecule has 0 aliphatic rings. The molecule has 0 saturated carbocycles. The summed E-state index contributed by atoms with van der Waals surface area (Å²) in [5, 5.41) is 18.0. The summed E-state index contributed by atoms with van der Waals surface area (Å²) in [5.41, 5.74) is 4.45. The molecule has 0 bridgehead atoms. The minimum absolute atomic E-state index is 0.221. The van der Waals surface area contributed by atoms with Gasteiger partial charge in [0.1, 0.15) is 5.75 Å². The van der Waals surface area contributed by atoms with Crippen LogP contribution in [0.25, 0.3) is 38.8 Å². The fourth-order valence-electron chi connectivity index (χ4n) is 3.47. The molecule has 0 amide bonds. The number of hydrogen-bond acceptors (Lipinski definition) is 2. The van der Waals surface area contributed by atoms with E-state index in [-0.39, 0.29) is 5.75 Å². The van der Waals surface area contributed by atoms with Crippen molar-refractivity contribution in [3.8, 4) is 28.3 Å². The lowest BCUT2D eigenvalue weighted by atomic mass is 10.1. The maximum atomic E-state index is 10.3. The van der Waals surface area contributed by atoms with Gasteiger partial charge in [0.25, 0.3) is 0 Å². The molecule has 3 nitrogen and oxygen atoms in total. The number of rotatable bonds is 2. The van der Waals surface area contributed by atoms with Crippen molar-refractivity contribution in [2.75, 3.05) is 0 Å². The topological polar surface area (TPSA) is 37.5 Å². The Labute approximate surface area is 161 Å². The molecule has 0 aliphatic heterocycles. The zero-order valence-corrected chi connectivity index (χ0v) is 15.1. The summed E-state index contributed by atoms with van der Waals surface area (Å²) in [5.74, 6) is 0.221. The van der Waals surface area contributed by atoms with E-state index < -0.39 is 0 Å². The Balaban J connectivity index is 1.86. The minimum atomic E-state index is 0.221. The number of phenols is 1. The largest absolute Gasteiger partial charge is 0.507 e.